The molecule has 2 saturated heterocycles. The van der Waals surface area contributed by atoms with Gasteiger partial charge >= 0.3 is 0 Å². The van der Waals surface area contributed by atoms with Crippen molar-refractivity contribution >= 4 is 50.7 Å². The zero-order chi connectivity index (χ0) is 30.0. The zero-order valence-electron chi connectivity index (χ0n) is 23.4. The summed E-state index contributed by atoms with van der Waals surface area (Å²) in [5.74, 6) is -3.68. The van der Waals surface area contributed by atoms with Crippen LogP contribution in [0.15, 0.2) is 75.8 Å². The van der Waals surface area contributed by atoms with E-state index in [1.54, 1.807) is 30.3 Å². The molecule has 2 aromatic carbocycles. The van der Waals surface area contributed by atoms with Crippen molar-refractivity contribution in [2.45, 2.75) is 18.8 Å². The molecule has 2 aliphatic heterocycles. The van der Waals surface area contributed by atoms with Crippen LogP contribution in [0.1, 0.15) is 24.3 Å². The number of hydrogen-bond donors (Lipinski definition) is 1. The molecule has 5 aliphatic rings. The van der Waals surface area contributed by atoms with E-state index in [1.807, 2.05) is 18.2 Å². The highest BCUT2D eigenvalue weighted by Gasteiger charge is 2.57. The number of aromatic hydroxyl groups is 1. The van der Waals surface area contributed by atoms with Gasteiger partial charge in [0.2, 0.25) is 11.8 Å². The first-order chi connectivity index (χ1) is 20.8. The first kappa shape index (κ1) is 27.8. The van der Waals surface area contributed by atoms with Crippen molar-refractivity contribution in [1.29, 1.82) is 0 Å². The van der Waals surface area contributed by atoms with E-state index in [1.165, 1.54) is 18.1 Å². The van der Waals surface area contributed by atoms with E-state index < -0.39 is 23.7 Å². The van der Waals surface area contributed by atoms with Gasteiger partial charge in [-0.15, -0.1) is 0 Å². The van der Waals surface area contributed by atoms with Crippen LogP contribution in [0.25, 0.3) is 0 Å². The Labute approximate surface area is 256 Å². The lowest BCUT2D eigenvalue weighted by atomic mass is 9.59. The Kier molecular flexibility index (Phi) is 6.85. The quantitative estimate of drug-likeness (QED) is 0.299. The lowest BCUT2D eigenvalue weighted by Gasteiger charge is -2.42. The summed E-state index contributed by atoms with van der Waals surface area (Å²) in [4.78, 5) is 58.3. The lowest BCUT2D eigenvalue weighted by molar-refractivity contribution is -0.123. The molecule has 1 N–H and O–H groups in total. The fraction of sp³-hybridized carbons (Fsp3) is 0.333. The van der Waals surface area contributed by atoms with Gasteiger partial charge in [-0.05, 0) is 65.0 Å². The summed E-state index contributed by atoms with van der Waals surface area (Å²) >= 11 is 3.24. The second-order valence-corrected chi connectivity index (χ2v) is 12.3. The number of carbonyl (C=O) groups is 4. The molecule has 3 aliphatic carbocycles. The van der Waals surface area contributed by atoms with Gasteiger partial charge in [0.15, 0.2) is 23.1 Å². The number of ether oxygens (including phenoxy) is 2. The molecule has 2 fully saturated rings. The summed E-state index contributed by atoms with van der Waals surface area (Å²) in [5, 5.41) is 11.2. The number of methoxy groups -OCH3 is 1. The van der Waals surface area contributed by atoms with Crippen molar-refractivity contribution in [3.05, 3.63) is 81.4 Å². The van der Waals surface area contributed by atoms with Crippen LogP contribution in [0.3, 0.4) is 0 Å². The highest BCUT2D eigenvalue weighted by Crippen LogP contribution is 2.57. The van der Waals surface area contributed by atoms with E-state index in [9.17, 15) is 24.3 Å². The fourth-order valence-corrected chi connectivity index (χ4v) is 7.83. The number of allylic oxidation sites excluding steroid dienone is 6. The number of anilines is 2. The Morgan fingerprint density at radius 1 is 0.953 bits per heavy atom. The maximum atomic E-state index is 14.2. The number of nitrogens with zero attached hydrogens (tertiary/aromatic N) is 2. The van der Waals surface area contributed by atoms with Crippen molar-refractivity contribution in [2.75, 3.05) is 43.2 Å². The third kappa shape index (κ3) is 4.30. The number of halogens is 1. The second-order valence-electron chi connectivity index (χ2n) is 11.4. The summed E-state index contributed by atoms with van der Waals surface area (Å²) < 4.78 is 11.0. The van der Waals surface area contributed by atoms with E-state index in [-0.39, 0.29) is 45.8 Å². The molecule has 10 heteroatoms. The number of amides is 2. The van der Waals surface area contributed by atoms with E-state index in [0.717, 1.165) is 24.4 Å². The summed E-state index contributed by atoms with van der Waals surface area (Å²) in [6, 6.07) is 12.5. The van der Waals surface area contributed by atoms with Crippen molar-refractivity contribution in [2.24, 2.45) is 17.8 Å². The molecule has 0 radical (unpaired) electrons. The van der Waals surface area contributed by atoms with Gasteiger partial charge in [0.25, 0.3) is 0 Å². The minimum Gasteiger partial charge on any atom is -0.504 e. The van der Waals surface area contributed by atoms with Gasteiger partial charge in [-0.1, -0.05) is 23.8 Å². The Balaban J connectivity index is 1.28. The monoisotopic (exact) mass is 644 g/mol. The maximum absolute atomic E-state index is 14.2. The predicted octanol–water partition coefficient (Wildman–Crippen LogP) is 4.20. The molecule has 220 valence electrons. The van der Waals surface area contributed by atoms with Crippen molar-refractivity contribution in [3.63, 3.8) is 0 Å². The van der Waals surface area contributed by atoms with E-state index in [4.69, 9.17) is 9.47 Å². The number of fused-ring (bicyclic) bond motifs is 3. The molecule has 0 bridgehead atoms. The number of hydrogen-bond acceptors (Lipinski definition) is 8. The highest BCUT2D eigenvalue weighted by atomic mass is 79.9. The maximum Gasteiger partial charge on any atom is 0.238 e. The van der Waals surface area contributed by atoms with Crippen molar-refractivity contribution in [3.8, 4) is 11.5 Å². The summed E-state index contributed by atoms with van der Waals surface area (Å²) in [6.07, 6.45) is 3.67. The number of phenols is 1. The largest absolute Gasteiger partial charge is 0.504 e. The SMILES string of the molecule is COc1cccc(C2C3=CCC4C(=O)N(c5ccc(N6CCOCC6)cc5)C(=O)C4C3CC3=C2C(=O)C=C(Br)C3=O)c1O. The van der Waals surface area contributed by atoms with Gasteiger partial charge in [-0.3, -0.25) is 24.1 Å². The molecule has 2 aromatic rings. The van der Waals surface area contributed by atoms with E-state index >= 15 is 0 Å². The Hall–Kier alpha value is -4.02. The summed E-state index contributed by atoms with van der Waals surface area (Å²) in [5.41, 5.74) is 3.30. The fourth-order valence-electron chi connectivity index (χ4n) is 7.39. The van der Waals surface area contributed by atoms with Crippen LogP contribution >= 0.6 is 15.9 Å². The minimum absolute atomic E-state index is 0.129. The highest BCUT2D eigenvalue weighted by molar-refractivity contribution is 9.12. The van der Waals surface area contributed by atoms with Crippen LogP contribution in [0.4, 0.5) is 11.4 Å². The van der Waals surface area contributed by atoms with Gasteiger partial charge in [0, 0.05) is 47.5 Å². The van der Waals surface area contributed by atoms with Gasteiger partial charge < -0.3 is 19.5 Å². The van der Waals surface area contributed by atoms with E-state index in [0.29, 0.717) is 42.0 Å². The number of morpholine rings is 1. The molecule has 2 amide bonds. The molecule has 0 spiro atoms. The van der Waals surface area contributed by atoms with Crippen LogP contribution in [0.2, 0.25) is 0 Å². The Morgan fingerprint density at radius 3 is 2.40 bits per heavy atom. The minimum atomic E-state index is -0.761. The smallest absolute Gasteiger partial charge is 0.238 e. The number of phenolic OH excluding ortho intramolecular Hbond substituents is 1. The third-order valence-corrected chi connectivity index (χ3v) is 9.97. The number of rotatable bonds is 4. The van der Waals surface area contributed by atoms with Crippen LogP contribution in [0, 0.1) is 17.8 Å². The first-order valence-electron chi connectivity index (χ1n) is 14.4. The average Bonchev–Trinajstić information content (AvgIpc) is 3.29. The molecule has 0 aromatic heterocycles. The molecule has 4 atom stereocenters. The number of para-hydroxylation sites is 1. The second kappa shape index (κ2) is 10.6. The van der Waals surface area contributed by atoms with Crippen molar-refractivity contribution < 1.29 is 33.8 Å². The molecule has 0 saturated carbocycles. The summed E-state index contributed by atoms with van der Waals surface area (Å²) in [7, 11) is 1.44. The Morgan fingerprint density at radius 2 is 1.67 bits per heavy atom. The summed E-state index contributed by atoms with van der Waals surface area (Å²) in [6.45, 7) is 2.85. The molecule has 7 rings (SSSR count). The molecule has 9 nitrogen and oxygen atoms in total. The molecule has 43 heavy (non-hydrogen) atoms. The average molecular weight is 646 g/mol. The van der Waals surface area contributed by atoms with Crippen molar-refractivity contribution in [1.82, 2.24) is 0 Å². The molecular formula is C33H29BrN2O7. The number of ketones is 2. The van der Waals surface area contributed by atoms with Gasteiger partial charge in [-0.2, -0.15) is 0 Å². The van der Waals surface area contributed by atoms with Gasteiger partial charge in [0.1, 0.15) is 0 Å². The molecule has 2 heterocycles. The predicted molar refractivity (Wildman–Crippen MR) is 161 cm³/mol. The number of carbonyl (C=O) groups excluding carboxylic acids is 4. The standard InChI is InChI=1S/C33H29BrN2O7/c1-42-26-4-2-3-20(31(26)39)27-19-9-10-21-28(22(19)15-23-29(27)25(37)16-24(34)30(23)38)33(41)36(32(21)40)18-7-5-17(6-8-18)35-11-13-43-14-12-35/h2-9,16,21-22,27-28,39H,10-15H2,1H3. The van der Waals surface area contributed by atoms with Crippen LogP contribution < -0.4 is 14.5 Å². The molecule has 4 unspecified atom stereocenters. The van der Waals surface area contributed by atoms with E-state index in [2.05, 4.69) is 20.8 Å². The number of benzene rings is 2. The van der Waals surface area contributed by atoms with Crippen LogP contribution in [-0.2, 0) is 23.9 Å². The lowest BCUT2D eigenvalue weighted by Crippen LogP contribution is -2.39. The Bertz CT molecular complexity index is 1670. The number of Topliss-reactive ketones (excluding diaryl/α,β-unsaturated/α-hetero) is 1. The third-order valence-electron chi connectivity index (χ3n) is 9.38. The topological polar surface area (TPSA) is 113 Å². The zero-order valence-corrected chi connectivity index (χ0v) is 25.0. The molecular weight excluding hydrogens is 616 g/mol. The first-order valence-corrected chi connectivity index (χ1v) is 15.1. The van der Waals surface area contributed by atoms with Gasteiger partial charge in [0.05, 0.1) is 42.3 Å². The normalized spacial score (nSPS) is 27.0. The number of imide groups is 1. The van der Waals surface area contributed by atoms with Gasteiger partial charge in [-0.25, -0.2) is 0 Å². The van der Waals surface area contributed by atoms with Crippen LogP contribution in [-0.4, -0.2) is 61.9 Å². The van der Waals surface area contributed by atoms with Crippen LogP contribution in [0.5, 0.6) is 11.5 Å².